The summed E-state index contributed by atoms with van der Waals surface area (Å²) in [5.41, 5.74) is 0. The van der Waals surface area contributed by atoms with Crippen LogP contribution in [0.25, 0.3) is 0 Å². The van der Waals surface area contributed by atoms with Crippen LogP contribution in [0, 0.1) is 5.92 Å². The molecule has 4 nitrogen and oxygen atoms in total. The number of rotatable bonds is 2. The topological polar surface area (TPSA) is 35.6 Å². The highest BCUT2D eigenvalue weighted by atomic mass is 16.2. The van der Waals surface area contributed by atoms with Gasteiger partial charge in [0.25, 0.3) is 0 Å². The molecule has 2 atom stereocenters. The van der Waals surface area contributed by atoms with Gasteiger partial charge in [-0.2, -0.15) is 0 Å². The fraction of sp³-hybridized carbons (Fsp3) is 0.909. The largest absolute Gasteiger partial charge is 0.340 e. The third kappa shape index (κ3) is 2.49. The van der Waals surface area contributed by atoms with E-state index in [-0.39, 0.29) is 5.91 Å². The molecule has 0 radical (unpaired) electrons. The van der Waals surface area contributed by atoms with Crippen molar-refractivity contribution in [2.75, 3.05) is 40.3 Å². The van der Waals surface area contributed by atoms with Crippen molar-refractivity contribution in [3.63, 3.8) is 0 Å². The zero-order valence-corrected chi connectivity index (χ0v) is 9.70. The second kappa shape index (κ2) is 4.49. The molecule has 2 aliphatic heterocycles. The van der Waals surface area contributed by atoms with Crippen molar-refractivity contribution >= 4 is 5.91 Å². The number of amides is 1. The number of likely N-dealkylation sites (N-methyl/N-ethyl adjacent to an activating group) is 1. The second-order valence-electron chi connectivity index (χ2n) is 4.98. The summed E-state index contributed by atoms with van der Waals surface area (Å²) in [6.45, 7) is 3.54. The van der Waals surface area contributed by atoms with E-state index in [0.29, 0.717) is 12.6 Å². The van der Waals surface area contributed by atoms with Crippen molar-refractivity contribution in [3.05, 3.63) is 0 Å². The summed E-state index contributed by atoms with van der Waals surface area (Å²) in [6.07, 6.45) is 2.47. The summed E-state index contributed by atoms with van der Waals surface area (Å²) >= 11 is 0. The summed E-state index contributed by atoms with van der Waals surface area (Å²) in [6, 6.07) is 0.560. The van der Waals surface area contributed by atoms with Gasteiger partial charge in [-0.1, -0.05) is 0 Å². The molecule has 0 aromatic heterocycles. The summed E-state index contributed by atoms with van der Waals surface area (Å²) in [7, 11) is 3.89. The lowest BCUT2D eigenvalue weighted by Gasteiger charge is -2.35. The van der Waals surface area contributed by atoms with E-state index >= 15 is 0 Å². The lowest BCUT2D eigenvalue weighted by Crippen LogP contribution is -2.50. The van der Waals surface area contributed by atoms with Crippen molar-refractivity contribution in [1.82, 2.24) is 15.1 Å². The monoisotopic (exact) mass is 211 g/mol. The fourth-order valence-corrected chi connectivity index (χ4v) is 2.63. The smallest absolute Gasteiger partial charge is 0.236 e. The molecule has 0 bridgehead atoms. The Morgan fingerprint density at radius 1 is 1.47 bits per heavy atom. The minimum atomic E-state index is 0.271. The van der Waals surface area contributed by atoms with Crippen LogP contribution >= 0.6 is 0 Å². The van der Waals surface area contributed by atoms with Crippen LogP contribution in [0.4, 0.5) is 0 Å². The van der Waals surface area contributed by atoms with Crippen LogP contribution in [0.5, 0.6) is 0 Å². The molecule has 2 fully saturated rings. The van der Waals surface area contributed by atoms with Crippen molar-refractivity contribution in [2.45, 2.75) is 18.9 Å². The lowest BCUT2D eigenvalue weighted by atomic mass is 9.92. The molecule has 1 amide bonds. The van der Waals surface area contributed by atoms with E-state index in [1.807, 2.05) is 23.9 Å². The first-order chi connectivity index (χ1) is 7.16. The van der Waals surface area contributed by atoms with E-state index in [4.69, 9.17) is 0 Å². The molecule has 2 aliphatic rings. The predicted octanol–water partition coefficient (Wildman–Crippen LogP) is -0.242. The Morgan fingerprint density at radius 2 is 2.27 bits per heavy atom. The molecular weight excluding hydrogens is 190 g/mol. The number of nitrogens with zero attached hydrogens (tertiary/aromatic N) is 2. The fourth-order valence-electron chi connectivity index (χ4n) is 2.63. The zero-order valence-electron chi connectivity index (χ0n) is 9.70. The minimum Gasteiger partial charge on any atom is -0.340 e. The number of carbonyl (C=O) groups excluding carboxylic acids is 1. The maximum Gasteiger partial charge on any atom is 0.236 e. The quantitative estimate of drug-likeness (QED) is 0.684. The predicted molar refractivity (Wildman–Crippen MR) is 59.6 cm³/mol. The number of likely N-dealkylation sites (tertiary alicyclic amines) is 1. The second-order valence-corrected chi connectivity index (χ2v) is 4.98. The van der Waals surface area contributed by atoms with E-state index in [9.17, 15) is 4.79 Å². The molecule has 2 saturated heterocycles. The lowest BCUT2D eigenvalue weighted by molar-refractivity contribution is -0.133. The molecule has 0 aromatic carbocycles. The molecule has 0 aromatic rings. The van der Waals surface area contributed by atoms with Gasteiger partial charge in [-0.3, -0.25) is 4.79 Å². The summed E-state index contributed by atoms with van der Waals surface area (Å²) in [4.78, 5) is 15.8. The van der Waals surface area contributed by atoms with E-state index < -0.39 is 0 Å². The summed E-state index contributed by atoms with van der Waals surface area (Å²) < 4.78 is 0. The molecule has 4 heteroatoms. The van der Waals surface area contributed by atoms with Gasteiger partial charge >= 0.3 is 0 Å². The Morgan fingerprint density at radius 3 is 3.00 bits per heavy atom. The maximum absolute atomic E-state index is 11.9. The van der Waals surface area contributed by atoms with Gasteiger partial charge < -0.3 is 15.1 Å². The molecule has 0 spiro atoms. The molecule has 0 aliphatic carbocycles. The van der Waals surface area contributed by atoms with E-state index in [0.717, 1.165) is 25.6 Å². The van der Waals surface area contributed by atoms with E-state index in [1.165, 1.54) is 12.8 Å². The van der Waals surface area contributed by atoms with Crippen LogP contribution in [0.15, 0.2) is 0 Å². The van der Waals surface area contributed by atoms with Crippen LogP contribution in [0.2, 0.25) is 0 Å². The van der Waals surface area contributed by atoms with E-state index in [1.54, 1.807) is 0 Å². The highest BCUT2D eigenvalue weighted by Crippen LogP contribution is 2.24. The number of hydrogen-bond donors (Lipinski definition) is 1. The standard InChI is InChI=1S/C11H21N3O/c1-13(2)8-11(15)14-6-4-9-3-5-12-10(9)7-14/h9-10,12H,3-8H2,1-2H3/t9-,10+/m0/s1. The molecule has 86 valence electrons. The van der Waals surface area contributed by atoms with Crippen LogP contribution in [-0.4, -0.2) is 62.0 Å². The van der Waals surface area contributed by atoms with Crippen LogP contribution in [-0.2, 0) is 4.79 Å². The Labute approximate surface area is 91.6 Å². The maximum atomic E-state index is 11.9. The molecule has 0 saturated carbocycles. The number of hydrogen-bond acceptors (Lipinski definition) is 3. The summed E-state index contributed by atoms with van der Waals surface area (Å²) in [5, 5.41) is 3.49. The van der Waals surface area contributed by atoms with Gasteiger partial charge in [0.1, 0.15) is 0 Å². The van der Waals surface area contributed by atoms with Gasteiger partial charge in [0.05, 0.1) is 6.54 Å². The van der Waals surface area contributed by atoms with Gasteiger partial charge in [0.2, 0.25) is 5.91 Å². The Hall–Kier alpha value is -0.610. The van der Waals surface area contributed by atoms with Crippen LogP contribution in [0.3, 0.4) is 0 Å². The third-order valence-electron chi connectivity index (χ3n) is 3.48. The van der Waals surface area contributed by atoms with Crippen molar-refractivity contribution in [1.29, 1.82) is 0 Å². The van der Waals surface area contributed by atoms with Gasteiger partial charge in [-0.15, -0.1) is 0 Å². The zero-order chi connectivity index (χ0) is 10.8. The van der Waals surface area contributed by atoms with Crippen molar-refractivity contribution < 1.29 is 4.79 Å². The Kier molecular flexibility index (Phi) is 3.26. The summed E-state index contributed by atoms with van der Waals surface area (Å²) in [5.74, 6) is 1.08. The third-order valence-corrected chi connectivity index (χ3v) is 3.48. The molecule has 0 unspecified atom stereocenters. The average molecular weight is 211 g/mol. The minimum absolute atomic E-state index is 0.271. The Balaban J connectivity index is 1.86. The molecule has 15 heavy (non-hydrogen) atoms. The van der Waals surface area contributed by atoms with Crippen LogP contribution in [0.1, 0.15) is 12.8 Å². The number of piperidine rings is 1. The molecule has 2 heterocycles. The first kappa shape index (κ1) is 10.9. The number of nitrogens with one attached hydrogen (secondary N) is 1. The normalized spacial score (nSPS) is 30.7. The van der Waals surface area contributed by atoms with Crippen molar-refractivity contribution in [3.8, 4) is 0 Å². The first-order valence-electron chi connectivity index (χ1n) is 5.82. The van der Waals surface area contributed by atoms with Crippen molar-refractivity contribution in [2.24, 2.45) is 5.92 Å². The molecular formula is C11H21N3O. The molecule has 2 rings (SSSR count). The number of carbonyl (C=O) groups is 1. The molecule has 1 N–H and O–H groups in total. The average Bonchev–Trinajstić information content (AvgIpc) is 2.62. The van der Waals surface area contributed by atoms with Gasteiger partial charge in [0, 0.05) is 19.1 Å². The van der Waals surface area contributed by atoms with Gasteiger partial charge in [0.15, 0.2) is 0 Å². The SMILES string of the molecule is CN(C)CC(=O)N1CC[C@@H]2CCN[C@@H]2C1. The van der Waals surface area contributed by atoms with Gasteiger partial charge in [-0.05, 0) is 39.4 Å². The van der Waals surface area contributed by atoms with Crippen LogP contribution < -0.4 is 5.32 Å². The van der Waals surface area contributed by atoms with E-state index in [2.05, 4.69) is 5.32 Å². The highest BCUT2D eigenvalue weighted by molar-refractivity contribution is 5.78. The Bertz CT molecular complexity index is 242. The van der Waals surface area contributed by atoms with Gasteiger partial charge in [-0.25, -0.2) is 0 Å². The highest BCUT2D eigenvalue weighted by Gasteiger charge is 2.34. The number of fused-ring (bicyclic) bond motifs is 1. The first-order valence-corrected chi connectivity index (χ1v) is 5.82.